The first-order chi connectivity index (χ1) is 12.3. The average molecular weight is 375 g/mol. The number of fused-ring (bicyclic) bond motifs is 1. The smallest absolute Gasteiger partial charge is 0.239 e. The van der Waals surface area contributed by atoms with Gasteiger partial charge in [-0.15, -0.1) is 0 Å². The Morgan fingerprint density at radius 1 is 0.962 bits per heavy atom. The minimum absolute atomic E-state index is 0.153. The molecule has 0 radical (unpaired) electrons. The van der Waals surface area contributed by atoms with E-state index in [2.05, 4.69) is 10.6 Å². The monoisotopic (exact) mass is 374 g/mol. The Balaban J connectivity index is 1.70. The summed E-state index contributed by atoms with van der Waals surface area (Å²) in [5.74, 6) is 0.304. The number of carbonyl (C=O) groups excluding carboxylic acids is 2. The van der Waals surface area contributed by atoms with Gasteiger partial charge in [0.2, 0.25) is 18.6 Å². The summed E-state index contributed by atoms with van der Waals surface area (Å²) in [6.45, 7) is 5.14. The van der Waals surface area contributed by atoms with Crippen LogP contribution < -0.4 is 20.1 Å². The zero-order valence-electron chi connectivity index (χ0n) is 14.7. The quantitative estimate of drug-likeness (QED) is 0.793. The third-order valence-corrected chi connectivity index (χ3v) is 4.60. The molecule has 1 aliphatic heterocycles. The van der Waals surface area contributed by atoms with Gasteiger partial charge in [0.05, 0.1) is 0 Å². The van der Waals surface area contributed by atoms with Crippen LogP contribution in [0.1, 0.15) is 19.4 Å². The van der Waals surface area contributed by atoms with Gasteiger partial charge < -0.3 is 20.1 Å². The number of rotatable bonds is 4. The number of aryl methyl sites for hydroxylation is 1. The largest absolute Gasteiger partial charge is 0.454 e. The fraction of sp³-hybridized carbons (Fsp3) is 0.263. The molecule has 1 aliphatic rings. The molecule has 0 atom stereocenters. The predicted octanol–water partition coefficient (Wildman–Crippen LogP) is 3.98. The second-order valence-corrected chi connectivity index (χ2v) is 6.97. The lowest BCUT2D eigenvalue weighted by molar-refractivity contribution is -0.135. The Labute approximate surface area is 156 Å². The molecule has 0 unspecified atom stereocenters. The maximum atomic E-state index is 12.6. The highest BCUT2D eigenvalue weighted by molar-refractivity contribution is 6.31. The van der Waals surface area contributed by atoms with E-state index in [0.29, 0.717) is 27.9 Å². The minimum Gasteiger partial charge on any atom is -0.454 e. The first-order valence-electron chi connectivity index (χ1n) is 8.06. The van der Waals surface area contributed by atoms with E-state index in [-0.39, 0.29) is 6.79 Å². The molecule has 0 saturated carbocycles. The number of hydrogen-bond acceptors (Lipinski definition) is 4. The van der Waals surface area contributed by atoms with Crippen LogP contribution in [0, 0.1) is 12.3 Å². The van der Waals surface area contributed by atoms with Crippen LogP contribution in [-0.2, 0) is 9.59 Å². The molecule has 2 amide bonds. The Kier molecular flexibility index (Phi) is 4.78. The summed E-state index contributed by atoms with van der Waals surface area (Å²) in [6.07, 6.45) is 0. The number of anilines is 2. The highest BCUT2D eigenvalue weighted by Gasteiger charge is 2.36. The van der Waals surface area contributed by atoms with E-state index < -0.39 is 17.2 Å². The summed E-state index contributed by atoms with van der Waals surface area (Å²) in [4.78, 5) is 25.2. The molecule has 6 nitrogen and oxygen atoms in total. The van der Waals surface area contributed by atoms with Crippen molar-refractivity contribution in [1.82, 2.24) is 0 Å². The predicted molar refractivity (Wildman–Crippen MR) is 99.8 cm³/mol. The molecule has 2 N–H and O–H groups in total. The van der Waals surface area contributed by atoms with Crippen LogP contribution in [0.15, 0.2) is 36.4 Å². The molecule has 0 aromatic heterocycles. The van der Waals surface area contributed by atoms with Crippen molar-refractivity contribution in [2.75, 3.05) is 17.4 Å². The van der Waals surface area contributed by atoms with Crippen LogP contribution in [0.2, 0.25) is 5.02 Å². The molecule has 0 spiro atoms. The summed E-state index contributed by atoms with van der Waals surface area (Å²) < 4.78 is 10.5. The van der Waals surface area contributed by atoms with Gasteiger partial charge in [-0.2, -0.15) is 0 Å². The Bertz CT molecular complexity index is 880. The Hall–Kier alpha value is -2.73. The number of benzene rings is 2. The Morgan fingerprint density at radius 3 is 2.19 bits per heavy atom. The standard InChI is InChI=1S/C19H19ClN2O4/c1-11-4-5-12(8-14(11)20)21-17(23)19(2,3)18(24)22-13-6-7-15-16(9-13)26-10-25-15/h4-9H,10H2,1-3H3,(H,21,23)(H,22,24). The number of halogens is 1. The molecule has 0 fully saturated rings. The normalized spacial score (nSPS) is 12.6. The Morgan fingerprint density at radius 2 is 1.54 bits per heavy atom. The summed E-state index contributed by atoms with van der Waals surface area (Å²) in [5.41, 5.74) is 0.672. The van der Waals surface area contributed by atoms with Crippen LogP contribution in [0.4, 0.5) is 11.4 Å². The van der Waals surface area contributed by atoms with E-state index in [1.165, 1.54) is 0 Å². The number of hydrogen-bond donors (Lipinski definition) is 2. The van der Waals surface area contributed by atoms with Crippen molar-refractivity contribution in [2.45, 2.75) is 20.8 Å². The van der Waals surface area contributed by atoms with E-state index >= 15 is 0 Å². The molecule has 26 heavy (non-hydrogen) atoms. The molecule has 0 bridgehead atoms. The lowest BCUT2D eigenvalue weighted by Crippen LogP contribution is -2.41. The van der Waals surface area contributed by atoms with Crippen molar-refractivity contribution in [3.8, 4) is 11.5 Å². The van der Waals surface area contributed by atoms with Crippen molar-refractivity contribution in [3.05, 3.63) is 47.0 Å². The van der Waals surface area contributed by atoms with Crippen LogP contribution >= 0.6 is 11.6 Å². The first kappa shape index (κ1) is 18.1. The van der Waals surface area contributed by atoms with Gasteiger partial charge in [-0.05, 0) is 50.6 Å². The highest BCUT2D eigenvalue weighted by atomic mass is 35.5. The summed E-state index contributed by atoms with van der Waals surface area (Å²) in [6, 6.07) is 10.3. The molecule has 0 saturated heterocycles. The van der Waals surface area contributed by atoms with E-state index in [1.807, 2.05) is 6.92 Å². The average Bonchev–Trinajstić information content (AvgIpc) is 3.05. The molecular weight excluding hydrogens is 356 g/mol. The number of carbonyl (C=O) groups is 2. The van der Waals surface area contributed by atoms with Crippen LogP contribution in [0.3, 0.4) is 0 Å². The lowest BCUT2D eigenvalue weighted by Gasteiger charge is -2.23. The van der Waals surface area contributed by atoms with Gasteiger partial charge >= 0.3 is 0 Å². The lowest BCUT2D eigenvalue weighted by atomic mass is 9.90. The minimum atomic E-state index is -1.30. The van der Waals surface area contributed by atoms with Gasteiger partial charge in [0.1, 0.15) is 5.41 Å². The topological polar surface area (TPSA) is 76.7 Å². The second-order valence-electron chi connectivity index (χ2n) is 6.57. The van der Waals surface area contributed by atoms with Crippen LogP contribution in [-0.4, -0.2) is 18.6 Å². The van der Waals surface area contributed by atoms with Gasteiger partial charge in [-0.25, -0.2) is 0 Å². The van der Waals surface area contributed by atoms with Crippen molar-refractivity contribution in [1.29, 1.82) is 0 Å². The number of ether oxygens (including phenoxy) is 2. The zero-order valence-corrected chi connectivity index (χ0v) is 15.4. The van der Waals surface area contributed by atoms with E-state index in [4.69, 9.17) is 21.1 Å². The molecule has 136 valence electrons. The maximum absolute atomic E-state index is 12.6. The van der Waals surface area contributed by atoms with E-state index in [0.717, 1.165) is 5.56 Å². The maximum Gasteiger partial charge on any atom is 0.239 e. The molecule has 2 aromatic rings. The zero-order chi connectivity index (χ0) is 18.9. The van der Waals surface area contributed by atoms with Gasteiger partial charge in [0.15, 0.2) is 11.5 Å². The fourth-order valence-corrected chi connectivity index (χ4v) is 2.50. The molecule has 0 aliphatic carbocycles. The molecule has 7 heteroatoms. The van der Waals surface area contributed by atoms with Crippen molar-refractivity contribution >= 4 is 34.8 Å². The molecule has 3 rings (SSSR count). The molecule has 1 heterocycles. The van der Waals surface area contributed by atoms with Crippen molar-refractivity contribution in [2.24, 2.45) is 5.41 Å². The molecule has 2 aromatic carbocycles. The van der Waals surface area contributed by atoms with Gasteiger partial charge in [0.25, 0.3) is 0 Å². The van der Waals surface area contributed by atoms with Crippen molar-refractivity contribution in [3.63, 3.8) is 0 Å². The first-order valence-corrected chi connectivity index (χ1v) is 8.44. The summed E-state index contributed by atoms with van der Waals surface area (Å²) >= 11 is 6.08. The van der Waals surface area contributed by atoms with Gasteiger partial charge in [0, 0.05) is 22.5 Å². The van der Waals surface area contributed by atoms with E-state index in [9.17, 15) is 9.59 Å². The van der Waals surface area contributed by atoms with Crippen LogP contribution in [0.5, 0.6) is 11.5 Å². The number of nitrogens with one attached hydrogen (secondary N) is 2. The highest BCUT2D eigenvalue weighted by Crippen LogP contribution is 2.34. The second kappa shape index (κ2) is 6.88. The third-order valence-electron chi connectivity index (χ3n) is 4.20. The van der Waals surface area contributed by atoms with Crippen molar-refractivity contribution < 1.29 is 19.1 Å². The number of amides is 2. The molecular formula is C19H19ClN2O4. The summed E-state index contributed by atoms with van der Waals surface area (Å²) in [7, 11) is 0. The van der Waals surface area contributed by atoms with Gasteiger partial charge in [-0.1, -0.05) is 17.7 Å². The van der Waals surface area contributed by atoms with Gasteiger partial charge in [-0.3, -0.25) is 9.59 Å². The third kappa shape index (κ3) is 3.60. The van der Waals surface area contributed by atoms with Crippen LogP contribution in [0.25, 0.3) is 0 Å². The van der Waals surface area contributed by atoms with E-state index in [1.54, 1.807) is 50.2 Å². The SMILES string of the molecule is Cc1ccc(NC(=O)C(C)(C)C(=O)Nc2ccc3c(c2)OCO3)cc1Cl. The summed E-state index contributed by atoms with van der Waals surface area (Å²) in [5, 5.41) is 6.01. The fourth-order valence-electron chi connectivity index (χ4n) is 2.32.